The minimum absolute atomic E-state index is 0.00613. The fraction of sp³-hybridized carbons (Fsp3) is 0.556. The van der Waals surface area contributed by atoms with Crippen LogP contribution >= 0.6 is 0 Å². The molecule has 2 fully saturated rings. The molecule has 0 spiro atoms. The lowest BCUT2D eigenvalue weighted by atomic mass is 9.86. The first kappa shape index (κ1) is 21.3. The minimum atomic E-state index is -0.883. The smallest absolute Gasteiger partial charge is 0.271 e. The Morgan fingerprint density at radius 3 is 2.19 bits per heavy atom. The molecule has 170 valence electrons. The lowest BCUT2D eigenvalue weighted by molar-refractivity contribution is -0.135. The van der Waals surface area contributed by atoms with Gasteiger partial charge in [-0.3, -0.25) is 9.59 Å². The van der Waals surface area contributed by atoms with Gasteiger partial charge in [-0.2, -0.15) is 0 Å². The van der Waals surface area contributed by atoms with E-state index in [1.54, 1.807) is 0 Å². The Bertz CT molecular complexity index is 970. The van der Waals surface area contributed by atoms with Crippen LogP contribution in [0.25, 0.3) is 11.3 Å². The van der Waals surface area contributed by atoms with Crippen LogP contribution in [0.5, 0.6) is 0 Å². The molecular formula is C27H35N3O2. The highest BCUT2D eigenvalue weighted by atomic mass is 16.2. The van der Waals surface area contributed by atoms with Gasteiger partial charge in [0.2, 0.25) is 5.91 Å². The summed E-state index contributed by atoms with van der Waals surface area (Å²) in [5.41, 5.74) is 1.91. The zero-order chi connectivity index (χ0) is 22.1. The average Bonchev–Trinajstić information content (AvgIpc) is 3.25. The van der Waals surface area contributed by atoms with E-state index < -0.39 is 5.54 Å². The van der Waals surface area contributed by atoms with Crippen molar-refractivity contribution in [1.82, 2.24) is 14.8 Å². The molecule has 2 aliphatic carbocycles. The molecule has 1 aromatic carbocycles. The number of benzene rings is 1. The van der Waals surface area contributed by atoms with E-state index in [2.05, 4.69) is 22.0 Å². The van der Waals surface area contributed by atoms with Crippen molar-refractivity contribution in [3.63, 3.8) is 0 Å². The second kappa shape index (κ2) is 8.76. The Morgan fingerprint density at radius 1 is 0.875 bits per heavy atom. The van der Waals surface area contributed by atoms with Gasteiger partial charge in [-0.15, -0.1) is 0 Å². The number of carbonyl (C=O) groups excluding carboxylic acids is 2. The molecule has 2 amide bonds. The maximum atomic E-state index is 13.9. The van der Waals surface area contributed by atoms with Crippen LogP contribution in [0, 0.1) is 0 Å². The maximum absolute atomic E-state index is 13.9. The first-order valence-corrected chi connectivity index (χ1v) is 12.5. The largest absolute Gasteiger partial charge is 0.351 e. The second-order valence-electron chi connectivity index (χ2n) is 10.1. The van der Waals surface area contributed by atoms with Gasteiger partial charge < -0.3 is 14.8 Å². The highest BCUT2D eigenvalue weighted by Crippen LogP contribution is 2.38. The molecule has 0 radical (unpaired) electrons. The van der Waals surface area contributed by atoms with E-state index in [1.807, 2.05) is 42.2 Å². The van der Waals surface area contributed by atoms with Crippen LogP contribution in [0.1, 0.15) is 81.6 Å². The molecule has 5 nitrogen and oxygen atoms in total. The highest BCUT2D eigenvalue weighted by molar-refractivity contribution is 6.00. The lowest BCUT2D eigenvalue weighted by Gasteiger charge is -2.49. The summed E-state index contributed by atoms with van der Waals surface area (Å²) in [7, 11) is 0. The Hall–Kier alpha value is -2.56. The number of hydrogen-bond donors (Lipinski definition) is 1. The van der Waals surface area contributed by atoms with E-state index in [0.29, 0.717) is 12.2 Å². The van der Waals surface area contributed by atoms with Gasteiger partial charge in [0.05, 0.1) is 6.54 Å². The first-order chi connectivity index (χ1) is 15.6. The van der Waals surface area contributed by atoms with Gasteiger partial charge in [-0.25, -0.2) is 0 Å². The van der Waals surface area contributed by atoms with Gasteiger partial charge in [0.1, 0.15) is 11.2 Å². The number of hydrogen-bond acceptors (Lipinski definition) is 2. The molecule has 2 saturated carbocycles. The Balaban J connectivity index is 1.53. The molecule has 1 atom stereocenters. The Labute approximate surface area is 191 Å². The third-order valence-corrected chi connectivity index (χ3v) is 7.86. The van der Waals surface area contributed by atoms with E-state index >= 15 is 0 Å². The van der Waals surface area contributed by atoms with Crippen LogP contribution in [0.15, 0.2) is 42.5 Å². The van der Waals surface area contributed by atoms with Crippen molar-refractivity contribution < 1.29 is 9.59 Å². The summed E-state index contributed by atoms with van der Waals surface area (Å²) < 4.78 is 2.08. The van der Waals surface area contributed by atoms with Gasteiger partial charge >= 0.3 is 0 Å². The predicted octanol–water partition coefficient (Wildman–Crippen LogP) is 5.15. The molecule has 1 aromatic heterocycles. The minimum Gasteiger partial charge on any atom is -0.351 e. The highest BCUT2D eigenvalue weighted by Gasteiger charge is 2.50. The quantitative estimate of drug-likeness (QED) is 0.725. The SMILES string of the molecule is C[C@]1(C(=O)NC2CCCCC2)Cn2c(ccc2-c2ccccc2)C(=O)N1C1CCCCC1. The van der Waals surface area contributed by atoms with Crippen LogP contribution in [-0.4, -0.2) is 38.9 Å². The van der Waals surface area contributed by atoms with Gasteiger partial charge in [0.15, 0.2) is 0 Å². The summed E-state index contributed by atoms with van der Waals surface area (Å²) in [6.45, 7) is 2.50. The van der Waals surface area contributed by atoms with E-state index in [-0.39, 0.29) is 23.9 Å². The molecule has 0 unspecified atom stereocenters. The molecular weight excluding hydrogens is 398 g/mol. The number of rotatable bonds is 4. The van der Waals surface area contributed by atoms with Crippen LogP contribution < -0.4 is 5.32 Å². The van der Waals surface area contributed by atoms with Crippen molar-refractivity contribution >= 4 is 11.8 Å². The molecule has 3 aliphatic rings. The van der Waals surface area contributed by atoms with E-state index in [1.165, 1.54) is 25.7 Å². The number of fused-ring (bicyclic) bond motifs is 1. The summed E-state index contributed by atoms with van der Waals surface area (Å²) in [5.74, 6) is 0.0216. The van der Waals surface area contributed by atoms with Gasteiger partial charge in [-0.05, 0) is 50.3 Å². The van der Waals surface area contributed by atoms with Crippen LogP contribution in [0.2, 0.25) is 0 Å². The number of aromatic nitrogens is 1. The molecule has 2 heterocycles. The number of nitrogens with zero attached hydrogens (tertiary/aromatic N) is 2. The van der Waals surface area contributed by atoms with Crippen LogP contribution in [-0.2, 0) is 11.3 Å². The summed E-state index contributed by atoms with van der Waals surface area (Å²) in [5, 5.41) is 3.35. The summed E-state index contributed by atoms with van der Waals surface area (Å²) in [6, 6.07) is 14.5. The van der Waals surface area contributed by atoms with Gasteiger partial charge in [0, 0.05) is 17.8 Å². The number of carbonyl (C=O) groups is 2. The first-order valence-electron chi connectivity index (χ1n) is 12.5. The second-order valence-corrected chi connectivity index (χ2v) is 10.1. The Kier molecular flexibility index (Phi) is 5.83. The molecule has 1 aliphatic heterocycles. The molecule has 32 heavy (non-hydrogen) atoms. The Morgan fingerprint density at radius 2 is 1.50 bits per heavy atom. The van der Waals surface area contributed by atoms with Gasteiger partial charge in [0.25, 0.3) is 5.91 Å². The van der Waals surface area contributed by atoms with Crippen molar-refractivity contribution in [2.45, 2.75) is 95.3 Å². The topological polar surface area (TPSA) is 54.3 Å². The monoisotopic (exact) mass is 433 g/mol. The fourth-order valence-corrected chi connectivity index (χ4v) is 6.09. The molecule has 5 rings (SSSR count). The molecule has 0 bridgehead atoms. The lowest BCUT2D eigenvalue weighted by Crippen LogP contribution is -2.67. The van der Waals surface area contributed by atoms with Crippen LogP contribution in [0.4, 0.5) is 0 Å². The molecule has 5 heteroatoms. The van der Waals surface area contributed by atoms with Crippen molar-refractivity contribution in [3.8, 4) is 11.3 Å². The summed E-state index contributed by atoms with van der Waals surface area (Å²) in [6.07, 6.45) is 11.2. The standard InChI is InChI=1S/C27H35N3O2/c1-27(26(32)28-21-13-7-3-8-14-21)19-29-23(20-11-5-2-6-12-20)17-18-24(29)25(31)30(27)22-15-9-4-10-16-22/h2,5-6,11-12,17-18,21-22H,3-4,7-10,13-16,19H2,1H3,(H,28,32)/t27-/m1/s1. The van der Waals surface area contributed by atoms with Crippen LogP contribution in [0.3, 0.4) is 0 Å². The average molecular weight is 434 g/mol. The van der Waals surface area contributed by atoms with Crippen molar-refractivity contribution in [2.24, 2.45) is 0 Å². The predicted molar refractivity (Wildman–Crippen MR) is 126 cm³/mol. The summed E-state index contributed by atoms with van der Waals surface area (Å²) in [4.78, 5) is 29.7. The number of nitrogens with one attached hydrogen (secondary N) is 1. The van der Waals surface area contributed by atoms with E-state index in [0.717, 1.165) is 49.8 Å². The third-order valence-electron chi connectivity index (χ3n) is 7.86. The zero-order valence-corrected chi connectivity index (χ0v) is 19.2. The maximum Gasteiger partial charge on any atom is 0.271 e. The fourth-order valence-electron chi connectivity index (χ4n) is 6.09. The van der Waals surface area contributed by atoms with E-state index in [4.69, 9.17) is 0 Å². The zero-order valence-electron chi connectivity index (χ0n) is 19.2. The molecule has 2 aromatic rings. The number of amides is 2. The van der Waals surface area contributed by atoms with Crippen molar-refractivity contribution in [1.29, 1.82) is 0 Å². The molecule has 0 saturated heterocycles. The summed E-state index contributed by atoms with van der Waals surface area (Å²) >= 11 is 0. The van der Waals surface area contributed by atoms with Crippen molar-refractivity contribution in [2.75, 3.05) is 0 Å². The van der Waals surface area contributed by atoms with Crippen molar-refractivity contribution in [3.05, 3.63) is 48.2 Å². The third kappa shape index (κ3) is 3.76. The molecule has 1 N–H and O–H groups in total. The van der Waals surface area contributed by atoms with E-state index in [9.17, 15) is 9.59 Å². The normalized spacial score (nSPS) is 24.9. The van der Waals surface area contributed by atoms with Gasteiger partial charge in [-0.1, -0.05) is 68.9 Å².